The maximum atomic E-state index is 14.8. The predicted molar refractivity (Wildman–Crippen MR) is 108 cm³/mol. The molecule has 0 aromatic rings. The molecule has 1 heterocycles. The van der Waals surface area contributed by atoms with Gasteiger partial charge in [-0.1, -0.05) is 0 Å². The molecule has 6 nitrogen and oxygen atoms in total. The van der Waals surface area contributed by atoms with Crippen LogP contribution in [0, 0.1) is 11.8 Å². The maximum Gasteiger partial charge on any atom is 0.229 e. The lowest BCUT2D eigenvalue weighted by Crippen LogP contribution is -2.63. The Kier molecular flexibility index (Phi) is 7.71. The minimum atomic E-state index is -1.30. The highest BCUT2D eigenvalue weighted by molar-refractivity contribution is 5.82. The van der Waals surface area contributed by atoms with Gasteiger partial charge in [0.2, 0.25) is 11.8 Å². The average molecular weight is 431 g/mol. The first-order valence-electron chi connectivity index (χ1n) is 11.2. The Hall–Kier alpha value is -1.28. The molecule has 1 aliphatic heterocycles. The van der Waals surface area contributed by atoms with Gasteiger partial charge in [0.15, 0.2) is 0 Å². The second-order valence-electron chi connectivity index (χ2n) is 9.24. The number of piperazine rings is 1. The molecule has 3 aliphatic rings. The molecule has 0 aromatic carbocycles. The third-order valence-corrected chi connectivity index (χ3v) is 7.22. The molecule has 6 unspecified atom stereocenters. The van der Waals surface area contributed by atoms with E-state index in [-0.39, 0.29) is 36.4 Å². The zero-order chi connectivity index (χ0) is 22.0. The van der Waals surface area contributed by atoms with Crippen molar-refractivity contribution in [2.45, 2.75) is 89.0 Å². The van der Waals surface area contributed by atoms with Crippen LogP contribution < -0.4 is 0 Å². The molecule has 0 N–H and O–H groups in total. The van der Waals surface area contributed by atoms with Crippen LogP contribution in [0.3, 0.4) is 0 Å². The normalized spacial score (nSPS) is 40.3. The van der Waals surface area contributed by atoms with E-state index in [0.29, 0.717) is 38.8 Å². The quantitative estimate of drug-likeness (QED) is 0.688. The van der Waals surface area contributed by atoms with E-state index >= 15 is 0 Å². The average Bonchev–Trinajstić information content (AvgIpc) is 2.72. The zero-order valence-electron chi connectivity index (χ0n) is 18.6. The van der Waals surface area contributed by atoms with E-state index in [4.69, 9.17) is 9.47 Å². The molecule has 0 aromatic heterocycles. The Morgan fingerprint density at radius 2 is 1.53 bits per heavy atom. The minimum absolute atomic E-state index is 0.131. The summed E-state index contributed by atoms with van der Waals surface area (Å²) in [5.41, 5.74) is 0. The second-order valence-corrected chi connectivity index (χ2v) is 9.24. The molecule has 0 bridgehead atoms. The summed E-state index contributed by atoms with van der Waals surface area (Å²) in [6, 6.07) is -0.477. The molecule has 3 fully saturated rings. The van der Waals surface area contributed by atoms with Gasteiger partial charge in [0, 0.05) is 45.8 Å². The van der Waals surface area contributed by atoms with Crippen LogP contribution in [0.4, 0.5) is 8.78 Å². The molecule has 2 aliphatic carbocycles. The summed E-state index contributed by atoms with van der Waals surface area (Å²) < 4.78 is 39.9. The molecular formula is C22H36F2N2O4. The molecule has 3 rings (SSSR count). The lowest BCUT2D eigenvalue weighted by atomic mass is 9.83. The molecule has 2 saturated carbocycles. The SMILES string of the molecule is COC1CCC(C(=O)N2[C@H](C)CN(C(=O)C3CCCC(OC)C3F)C[C@H]2C)C(F)C1. The van der Waals surface area contributed by atoms with Crippen molar-refractivity contribution in [2.24, 2.45) is 11.8 Å². The third-order valence-electron chi connectivity index (χ3n) is 7.22. The van der Waals surface area contributed by atoms with Gasteiger partial charge >= 0.3 is 0 Å². The molecule has 2 amide bonds. The van der Waals surface area contributed by atoms with E-state index in [1.807, 2.05) is 13.8 Å². The van der Waals surface area contributed by atoms with Gasteiger partial charge in [-0.15, -0.1) is 0 Å². The van der Waals surface area contributed by atoms with Crippen LogP contribution in [-0.4, -0.2) is 85.6 Å². The fraction of sp³-hybridized carbons (Fsp3) is 0.909. The van der Waals surface area contributed by atoms with Crippen LogP contribution in [0.5, 0.6) is 0 Å². The summed E-state index contributed by atoms with van der Waals surface area (Å²) in [6.07, 6.45) is 0.133. The first-order chi connectivity index (χ1) is 14.3. The summed E-state index contributed by atoms with van der Waals surface area (Å²) >= 11 is 0. The van der Waals surface area contributed by atoms with Crippen LogP contribution in [0.1, 0.15) is 52.4 Å². The maximum absolute atomic E-state index is 14.8. The molecule has 30 heavy (non-hydrogen) atoms. The van der Waals surface area contributed by atoms with Gasteiger partial charge in [0.25, 0.3) is 0 Å². The van der Waals surface area contributed by atoms with Gasteiger partial charge in [-0.3, -0.25) is 9.59 Å². The van der Waals surface area contributed by atoms with Gasteiger partial charge in [-0.2, -0.15) is 0 Å². The number of amides is 2. The Morgan fingerprint density at radius 3 is 2.10 bits per heavy atom. The van der Waals surface area contributed by atoms with Gasteiger partial charge in [0.05, 0.1) is 24.0 Å². The van der Waals surface area contributed by atoms with E-state index in [1.54, 1.807) is 16.9 Å². The highest BCUT2D eigenvalue weighted by Crippen LogP contribution is 2.34. The number of nitrogens with zero attached hydrogens (tertiary/aromatic N) is 2. The first kappa shape index (κ1) is 23.4. The van der Waals surface area contributed by atoms with Crippen LogP contribution in [0.25, 0.3) is 0 Å². The Morgan fingerprint density at radius 1 is 0.867 bits per heavy atom. The van der Waals surface area contributed by atoms with Crippen molar-refractivity contribution in [3.05, 3.63) is 0 Å². The fourth-order valence-corrected chi connectivity index (χ4v) is 5.56. The number of alkyl halides is 2. The van der Waals surface area contributed by atoms with Crippen molar-refractivity contribution < 1.29 is 27.8 Å². The highest BCUT2D eigenvalue weighted by atomic mass is 19.1. The smallest absolute Gasteiger partial charge is 0.229 e. The summed E-state index contributed by atoms with van der Waals surface area (Å²) in [6.45, 7) is 4.46. The summed E-state index contributed by atoms with van der Waals surface area (Å²) in [7, 11) is 3.06. The number of hydrogen-bond acceptors (Lipinski definition) is 4. The number of rotatable bonds is 4. The molecule has 172 valence electrons. The van der Waals surface area contributed by atoms with Crippen molar-refractivity contribution in [1.29, 1.82) is 0 Å². The minimum Gasteiger partial charge on any atom is -0.381 e. The molecule has 0 spiro atoms. The molecule has 1 saturated heterocycles. The predicted octanol–water partition coefficient (Wildman–Crippen LogP) is 2.74. The largest absolute Gasteiger partial charge is 0.381 e. The third kappa shape index (κ3) is 4.64. The van der Waals surface area contributed by atoms with E-state index < -0.39 is 30.3 Å². The number of hydrogen-bond donors (Lipinski definition) is 0. The lowest BCUT2D eigenvalue weighted by molar-refractivity contribution is -0.157. The van der Waals surface area contributed by atoms with Crippen LogP contribution in [0.2, 0.25) is 0 Å². The zero-order valence-corrected chi connectivity index (χ0v) is 18.6. The van der Waals surface area contributed by atoms with Crippen molar-refractivity contribution in [2.75, 3.05) is 27.3 Å². The summed E-state index contributed by atoms with van der Waals surface area (Å²) in [5.74, 6) is -1.71. The van der Waals surface area contributed by atoms with Crippen molar-refractivity contribution >= 4 is 11.8 Å². The monoisotopic (exact) mass is 430 g/mol. The fourth-order valence-electron chi connectivity index (χ4n) is 5.56. The Bertz CT molecular complexity index is 610. The molecule has 0 radical (unpaired) electrons. The van der Waals surface area contributed by atoms with Crippen LogP contribution >= 0.6 is 0 Å². The van der Waals surface area contributed by atoms with E-state index in [2.05, 4.69) is 0 Å². The van der Waals surface area contributed by atoms with Crippen LogP contribution in [0.15, 0.2) is 0 Å². The van der Waals surface area contributed by atoms with E-state index in [0.717, 1.165) is 6.42 Å². The Labute approximate surface area is 178 Å². The second kappa shape index (κ2) is 9.90. The number of carbonyl (C=O) groups is 2. The van der Waals surface area contributed by atoms with E-state index in [9.17, 15) is 18.4 Å². The Balaban J connectivity index is 1.64. The van der Waals surface area contributed by atoms with Gasteiger partial charge in [-0.25, -0.2) is 8.78 Å². The summed E-state index contributed by atoms with van der Waals surface area (Å²) in [4.78, 5) is 29.6. The molecular weight excluding hydrogens is 394 g/mol. The number of ether oxygens (including phenoxy) is 2. The van der Waals surface area contributed by atoms with E-state index in [1.165, 1.54) is 7.11 Å². The van der Waals surface area contributed by atoms with Gasteiger partial charge in [0.1, 0.15) is 12.3 Å². The topological polar surface area (TPSA) is 59.1 Å². The van der Waals surface area contributed by atoms with Crippen molar-refractivity contribution in [1.82, 2.24) is 9.80 Å². The van der Waals surface area contributed by atoms with Crippen molar-refractivity contribution in [3.8, 4) is 0 Å². The summed E-state index contributed by atoms with van der Waals surface area (Å²) in [5, 5.41) is 0. The highest BCUT2D eigenvalue weighted by Gasteiger charge is 2.45. The lowest BCUT2D eigenvalue weighted by Gasteiger charge is -2.47. The van der Waals surface area contributed by atoms with Crippen molar-refractivity contribution in [3.63, 3.8) is 0 Å². The van der Waals surface area contributed by atoms with Gasteiger partial charge in [-0.05, 0) is 46.0 Å². The number of methoxy groups -OCH3 is 2. The number of carbonyl (C=O) groups excluding carboxylic acids is 2. The number of halogens is 2. The first-order valence-corrected chi connectivity index (χ1v) is 11.2. The standard InChI is InChI=1S/C22H36F2N2O4/c1-13-11-25(21(27)17-6-5-7-19(30-4)20(17)24)12-14(2)26(13)22(28)16-9-8-15(29-3)10-18(16)23/h13-20H,5-12H2,1-4H3/t13-,14-,15?,16?,17?,18?,19?,20?/m1/s1. The van der Waals surface area contributed by atoms with Gasteiger partial charge < -0.3 is 19.3 Å². The van der Waals surface area contributed by atoms with Crippen LogP contribution in [-0.2, 0) is 19.1 Å². The molecule has 8 atom stereocenters. The molecule has 8 heteroatoms.